The molecule has 0 radical (unpaired) electrons. The van der Waals surface area contributed by atoms with E-state index in [2.05, 4.69) is 15.3 Å². The van der Waals surface area contributed by atoms with E-state index in [1.54, 1.807) is 43.1 Å². The van der Waals surface area contributed by atoms with Crippen LogP contribution in [0.3, 0.4) is 0 Å². The van der Waals surface area contributed by atoms with E-state index in [-0.39, 0.29) is 24.3 Å². The zero-order valence-electron chi connectivity index (χ0n) is 20.7. The number of imidazole rings is 1. The second-order valence-corrected chi connectivity index (χ2v) is 8.76. The number of rotatable bonds is 11. The van der Waals surface area contributed by atoms with Crippen LogP contribution in [-0.2, 0) is 20.0 Å². The Hall–Kier alpha value is -3.96. The third-order valence-electron chi connectivity index (χ3n) is 5.80. The quantitative estimate of drug-likeness (QED) is 0.269. The lowest BCUT2D eigenvalue weighted by Crippen LogP contribution is -2.31. The van der Waals surface area contributed by atoms with E-state index in [0.29, 0.717) is 41.2 Å². The smallest absolute Gasteiger partial charge is 0.329 e. The zero-order chi connectivity index (χ0) is 26.5. The minimum absolute atomic E-state index is 0.00403. The lowest BCUT2D eigenvalue weighted by molar-refractivity contribution is 0.0938. The van der Waals surface area contributed by atoms with Crippen LogP contribution in [0, 0.1) is 0 Å². The third-order valence-corrected chi connectivity index (χ3v) is 6.05. The number of anilines is 1. The predicted octanol–water partition coefficient (Wildman–Crippen LogP) is 2.19. The van der Waals surface area contributed by atoms with Gasteiger partial charge in [-0.1, -0.05) is 17.7 Å². The molecule has 11 nitrogen and oxygen atoms in total. The van der Waals surface area contributed by atoms with Crippen molar-refractivity contribution in [3.63, 3.8) is 0 Å². The fourth-order valence-corrected chi connectivity index (χ4v) is 4.01. The summed E-state index contributed by atoms with van der Waals surface area (Å²) in [4.78, 5) is 31.6. The highest BCUT2D eigenvalue weighted by Gasteiger charge is 2.20. The monoisotopic (exact) mass is 529 g/mol. The Kier molecular flexibility index (Phi) is 8.04. The fourth-order valence-electron chi connectivity index (χ4n) is 3.89. The van der Waals surface area contributed by atoms with Gasteiger partial charge >= 0.3 is 5.69 Å². The molecule has 0 aliphatic rings. The van der Waals surface area contributed by atoms with E-state index in [1.165, 1.54) is 11.6 Å². The number of aromatic amines is 1. The number of nitrogens with zero attached hydrogens (tertiary/aromatic N) is 3. The van der Waals surface area contributed by atoms with Crippen molar-refractivity contribution in [2.45, 2.75) is 19.1 Å². The van der Waals surface area contributed by atoms with Crippen molar-refractivity contribution in [3.8, 4) is 17.2 Å². The van der Waals surface area contributed by atoms with E-state index in [4.69, 9.17) is 25.8 Å². The van der Waals surface area contributed by atoms with Crippen molar-refractivity contribution in [2.24, 2.45) is 7.05 Å². The first-order chi connectivity index (χ1) is 17.8. The van der Waals surface area contributed by atoms with Crippen LogP contribution >= 0.6 is 11.6 Å². The summed E-state index contributed by atoms with van der Waals surface area (Å²) in [6.45, 7) is 0.433. The molecule has 1 atom stereocenters. The minimum atomic E-state index is -0.976. The molecule has 0 aliphatic heterocycles. The van der Waals surface area contributed by atoms with Gasteiger partial charge < -0.3 is 29.2 Å². The highest BCUT2D eigenvalue weighted by atomic mass is 35.5. The Morgan fingerprint density at radius 3 is 2.54 bits per heavy atom. The molecule has 0 saturated heterocycles. The zero-order valence-corrected chi connectivity index (χ0v) is 21.4. The number of aryl methyl sites for hydroxylation is 1. The Labute approximate surface area is 217 Å². The summed E-state index contributed by atoms with van der Waals surface area (Å²) >= 11 is 5.90. The van der Waals surface area contributed by atoms with Crippen molar-refractivity contribution in [1.82, 2.24) is 19.1 Å². The van der Waals surface area contributed by atoms with E-state index < -0.39 is 17.4 Å². The number of H-pyrrole nitrogens is 1. The number of methoxy groups -OCH3 is 2. The second kappa shape index (κ2) is 11.4. The molecule has 0 unspecified atom stereocenters. The third kappa shape index (κ3) is 5.89. The summed E-state index contributed by atoms with van der Waals surface area (Å²) in [5, 5.41) is 14.5. The topological polar surface area (TPSA) is 133 Å². The molecule has 196 valence electrons. The average Bonchev–Trinajstić information content (AvgIpc) is 3.25. The number of nitrogens with one attached hydrogen (secondary N) is 2. The molecule has 3 N–H and O–H groups in total. The molecule has 12 heteroatoms. The van der Waals surface area contributed by atoms with Gasteiger partial charge in [-0.05, 0) is 48.4 Å². The number of hydrogen-bond donors (Lipinski definition) is 3. The van der Waals surface area contributed by atoms with Gasteiger partial charge in [0.05, 0.1) is 20.8 Å². The van der Waals surface area contributed by atoms with Gasteiger partial charge in [0.2, 0.25) is 5.95 Å². The number of aliphatic hydroxyl groups excluding tert-OH is 1. The maximum Gasteiger partial charge on any atom is 0.329 e. The van der Waals surface area contributed by atoms with Crippen LogP contribution in [0.2, 0.25) is 5.02 Å². The number of halogens is 1. The molecular formula is C25H28ClN5O6. The Morgan fingerprint density at radius 2 is 1.84 bits per heavy atom. The van der Waals surface area contributed by atoms with Crippen molar-refractivity contribution in [3.05, 3.63) is 73.9 Å². The van der Waals surface area contributed by atoms with Crippen LogP contribution < -0.4 is 30.8 Å². The predicted molar refractivity (Wildman–Crippen MR) is 140 cm³/mol. The summed E-state index contributed by atoms with van der Waals surface area (Å²) < 4.78 is 19.1. The van der Waals surface area contributed by atoms with Gasteiger partial charge in [-0.25, -0.2) is 4.79 Å². The average molecular weight is 530 g/mol. The van der Waals surface area contributed by atoms with Crippen LogP contribution in [0.5, 0.6) is 17.2 Å². The molecule has 0 amide bonds. The first-order valence-electron chi connectivity index (χ1n) is 11.5. The van der Waals surface area contributed by atoms with Crippen molar-refractivity contribution < 1.29 is 19.3 Å². The molecule has 37 heavy (non-hydrogen) atoms. The normalized spacial score (nSPS) is 11.9. The Bertz CT molecular complexity index is 1490. The largest absolute Gasteiger partial charge is 0.493 e. The lowest BCUT2D eigenvalue weighted by Gasteiger charge is -2.16. The van der Waals surface area contributed by atoms with Crippen molar-refractivity contribution >= 4 is 28.7 Å². The van der Waals surface area contributed by atoms with Crippen LogP contribution in [0.15, 0.2) is 52.1 Å². The molecule has 0 aliphatic carbocycles. The lowest BCUT2D eigenvalue weighted by atomic mass is 10.1. The van der Waals surface area contributed by atoms with Crippen LogP contribution in [0.4, 0.5) is 5.95 Å². The van der Waals surface area contributed by atoms with Gasteiger partial charge in [-0.15, -0.1) is 0 Å². The highest BCUT2D eigenvalue weighted by molar-refractivity contribution is 6.30. The van der Waals surface area contributed by atoms with Gasteiger partial charge in [0, 0.05) is 18.6 Å². The summed E-state index contributed by atoms with van der Waals surface area (Å²) in [6, 6.07) is 12.4. The Balaban J connectivity index is 1.55. The second-order valence-electron chi connectivity index (χ2n) is 8.32. The van der Waals surface area contributed by atoms with Gasteiger partial charge in [0.25, 0.3) is 5.56 Å². The molecule has 0 saturated carbocycles. The number of benzene rings is 2. The van der Waals surface area contributed by atoms with E-state index >= 15 is 0 Å². The van der Waals surface area contributed by atoms with Crippen LogP contribution in [0.25, 0.3) is 11.2 Å². The van der Waals surface area contributed by atoms with Crippen LogP contribution in [-0.4, -0.2) is 57.7 Å². The molecular weight excluding hydrogens is 502 g/mol. The van der Waals surface area contributed by atoms with Crippen molar-refractivity contribution in [1.29, 1.82) is 0 Å². The first-order valence-corrected chi connectivity index (χ1v) is 11.9. The minimum Gasteiger partial charge on any atom is -0.493 e. The maximum atomic E-state index is 12.7. The van der Waals surface area contributed by atoms with E-state index in [9.17, 15) is 14.7 Å². The summed E-state index contributed by atoms with van der Waals surface area (Å²) in [5.41, 5.74) is 0.193. The van der Waals surface area contributed by atoms with Gasteiger partial charge in [-0.2, -0.15) is 4.98 Å². The van der Waals surface area contributed by atoms with E-state index in [1.807, 2.05) is 18.2 Å². The number of fused-ring (bicyclic) bond motifs is 1. The SMILES string of the molecule is COc1ccc(CCNc2nc3c(c(=O)[nH]c(=O)n3C)n2C[C@H](O)COc2ccc(Cl)cc2)cc1OC. The molecule has 4 rings (SSSR count). The van der Waals surface area contributed by atoms with Gasteiger partial charge in [-0.3, -0.25) is 14.3 Å². The number of aliphatic hydroxyl groups is 1. The summed E-state index contributed by atoms with van der Waals surface area (Å²) in [6.07, 6.45) is -0.364. The fraction of sp³-hybridized carbons (Fsp3) is 0.320. The van der Waals surface area contributed by atoms with Gasteiger partial charge in [0.1, 0.15) is 18.5 Å². The maximum absolute atomic E-state index is 12.7. The van der Waals surface area contributed by atoms with E-state index in [0.717, 1.165) is 5.56 Å². The summed E-state index contributed by atoms with van der Waals surface area (Å²) in [5.74, 6) is 2.15. The van der Waals surface area contributed by atoms with Crippen molar-refractivity contribution in [2.75, 3.05) is 32.7 Å². The standard InChI is InChI=1S/C25H28ClN5O6/c1-30-22-21(23(33)29-25(30)34)31(13-17(32)14-37-18-7-5-16(26)6-8-18)24(28-22)27-11-10-15-4-9-19(35-2)20(12-15)36-3/h4-9,12,17,32H,10-11,13-14H2,1-3H3,(H,27,28)(H,29,33,34)/t17-/m0/s1. The van der Waals surface area contributed by atoms with Gasteiger partial charge in [0.15, 0.2) is 22.7 Å². The highest BCUT2D eigenvalue weighted by Crippen LogP contribution is 2.27. The van der Waals surface area contributed by atoms with Crippen LogP contribution in [0.1, 0.15) is 5.56 Å². The number of aromatic nitrogens is 4. The molecule has 0 spiro atoms. The molecule has 0 fully saturated rings. The number of hydrogen-bond acceptors (Lipinski definition) is 8. The Morgan fingerprint density at radius 1 is 1.11 bits per heavy atom. The number of ether oxygens (including phenoxy) is 3. The summed E-state index contributed by atoms with van der Waals surface area (Å²) in [7, 11) is 4.67. The molecule has 2 heterocycles. The molecule has 2 aromatic carbocycles. The molecule has 0 bridgehead atoms. The molecule has 2 aromatic heterocycles. The molecule has 4 aromatic rings. The first kappa shape index (κ1) is 26.1.